The summed E-state index contributed by atoms with van der Waals surface area (Å²) in [6.07, 6.45) is -21.5. The second-order valence-electron chi connectivity index (χ2n) is 24.6. The van der Waals surface area contributed by atoms with E-state index in [9.17, 15) is 71.5 Å². The molecule has 22 heteroatoms. The Morgan fingerprint density at radius 1 is 0.568 bits per heavy atom. The van der Waals surface area contributed by atoms with Crippen LogP contribution in [-0.4, -0.2) is 232 Å². The van der Waals surface area contributed by atoms with Gasteiger partial charge >= 0.3 is 0 Å². The second-order valence-corrected chi connectivity index (χ2v) is 24.6. The van der Waals surface area contributed by atoms with E-state index in [1.165, 1.54) is 0 Å². The van der Waals surface area contributed by atoms with Crippen LogP contribution in [0.1, 0.15) is 106 Å². The molecule has 0 spiro atoms. The maximum absolute atomic E-state index is 12.6. The normalized spacial score (nSPS) is 52.1. The fourth-order valence-corrected chi connectivity index (χ4v) is 15.6. The van der Waals surface area contributed by atoms with Crippen LogP contribution in [0.5, 0.6) is 0 Å². The van der Waals surface area contributed by atoms with Crippen molar-refractivity contribution in [1.29, 1.82) is 0 Å². The van der Waals surface area contributed by atoms with Crippen LogP contribution >= 0.6 is 0 Å². The lowest BCUT2D eigenvalue weighted by Crippen LogP contribution is -2.66. The van der Waals surface area contributed by atoms with Gasteiger partial charge in [0, 0.05) is 0 Å². The first-order chi connectivity index (χ1) is 34.8. The molecule has 74 heavy (non-hydrogen) atoms. The van der Waals surface area contributed by atoms with Crippen molar-refractivity contribution in [3.05, 3.63) is 11.6 Å². The van der Waals surface area contributed by atoms with Crippen molar-refractivity contribution in [2.24, 2.45) is 45.8 Å². The van der Waals surface area contributed by atoms with Gasteiger partial charge in [-0.1, -0.05) is 39.3 Å². The van der Waals surface area contributed by atoms with E-state index in [4.69, 9.17) is 37.9 Å². The van der Waals surface area contributed by atoms with Gasteiger partial charge in [-0.3, -0.25) is 0 Å². The van der Waals surface area contributed by atoms with Crippen molar-refractivity contribution in [3.8, 4) is 0 Å². The monoisotopic (exact) mass is 1060 g/mol. The Morgan fingerprint density at radius 2 is 1.09 bits per heavy atom. The fraction of sp³-hybridized carbons (Fsp3) is 0.962. The Balaban J connectivity index is 0.958. The third-order valence-corrected chi connectivity index (χ3v) is 19.7. The first-order valence-corrected chi connectivity index (χ1v) is 26.9. The van der Waals surface area contributed by atoms with E-state index >= 15 is 0 Å². The Kier molecular flexibility index (Phi) is 18.2. The van der Waals surface area contributed by atoms with Gasteiger partial charge in [-0.2, -0.15) is 0 Å². The molecule has 4 heterocycles. The molecule has 22 nitrogen and oxygen atoms in total. The molecular weight excluding hydrogens is 977 g/mol. The van der Waals surface area contributed by atoms with Crippen molar-refractivity contribution >= 4 is 0 Å². The molecule has 0 bridgehead atoms. The van der Waals surface area contributed by atoms with Crippen LogP contribution in [0.25, 0.3) is 0 Å². The van der Waals surface area contributed by atoms with Gasteiger partial charge in [0.25, 0.3) is 0 Å². The Hall–Kier alpha value is -1.14. The van der Waals surface area contributed by atoms with Crippen molar-refractivity contribution in [2.45, 2.75) is 241 Å². The minimum atomic E-state index is -1.79. The summed E-state index contributed by atoms with van der Waals surface area (Å²) in [6, 6.07) is 0. The molecule has 4 aliphatic heterocycles. The lowest BCUT2D eigenvalue weighted by molar-refractivity contribution is -0.368. The second kappa shape index (κ2) is 22.8. The summed E-state index contributed by atoms with van der Waals surface area (Å²) in [7, 11) is 0. The zero-order valence-corrected chi connectivity index (χ0v) is 43.8. The summed E-state index contributed by atoms with van der Waals surface area (Å²) in [4.78, 5) is 0. The van der Waals surface area contributed by atoms with E-state index in [1.54, 1.807) is 0 Å². The molecule has 4 aliphatic carbocycles. The van der Waals surface area contributed by atoms with E-state index in [0.717, 1.165) is 31.3 Å². The van der Waals surface area contributed by atoms with Crippen LogP contribution in [-0.2, 0) is 37.9 Å². The minimum absolute atomic E-state index is 0.0975. The number of ether oxygens (including phenoxy) is 8. The zero-order valence-electron chi connectivity index (χ0n) is 43.8. The number of rotatable bonds is 16. The van der Waals surface area contributed by atoms with Gasteiger partial charge in [-0.15, -0.1) is 0 Å². The third kappa shape index (κ3) is 10.6. The molecule has 4 saturated heterocycles. The smallest absolute Gasteiger partial charge is 0.187 e. The molecule has 8 rings (SSSR count). The number of aliphatic hydroxyl groups excluding tert-OH is 14. The maximum Gasteiger partial charge on any atom is 0.187 e. The molecule has 14 N–H and O–H groups in total. The minimum Gasteiger partial charge on any atom is -0.394 e. The first-order valence-electron chi connectivity index (χ1n) is 26.9. The Labute approximate surface area is 433 Å². The van der Waals surface area contributed by atoms with Gasteiger partial charge < -0.3 is 109 Å². The van der Waals surface area contributed by atoms with E-state index < -0.39 is 166 Å². The van der Waals surface area contributed by atoms with Crippen LogP contribution in [0, 0.1) is 45.8 Å². The molecule has 4 saturated carbocycles. The highest BCUT2D eigenvalue weighted by molar-refractivity contribution is 5.17. The molecule has 8 aliphatic rings. The average molecular weight is 1070 g/mol. The maximum atomic E-state index is 12.6. The van der Waals surface area contributed by atoms with Crippen molar-refractivity contribution < 1.29 is 109 Å². The van der Waals surface area contributed by atoms with Gasteiger partial charge in [-0.25, -0.2) is 0 Å². The summed E-state index contributed by atoms with van der Waals surface area (Å²) < 4.78 is 48.2. The fourth-order valence-electron chi connectivity index (χ4n) is 15.6. The summed E-state index contributed by atoms with van der Waals surface area (Å²) >= 11 is 0. The highest BCUT2D eigenvalue weighted by Gasteiger charge is 2.68. The highest BCUT2D eigenvalue weighted by Crippen LogP contribution is 2.72. The quantitative estimate of drug-likeness (QED) is 0.0590. The predicted molar refractivity (Wildman–Crippen MR) is 256 cm³/mol. The van der Waals surface area contributed by atoms with E-state index in [0.29, 0.717) is 32.1 Å². The predicted octanol–water partition coefficient (Wildman–Crippen LogP) is -1.95. The topological polar surface area (TPSA) is 357 Å². The SMILES string of the molecule is CC(C)=CCCC(C)(OC1OC(COC2OC(CO)C(O)C2O)C(O)C(O)C1O)C1CCC2C1C(O)CC1C2(C)CCC2C(C)(C)C(OC3OC(CO)C(OC4OC(CO)C(O)C(O)C4O)C(O)C3O)CCC21C. The molecule has 29 atom stereocenters. The summed E-state index contributed by atoms with van der Waals surface area (Å²) in [5, 5.41) is 151. The van der Waals surface area contributed by atoms with Crippen molar-refractivity contribution in [3.63, 3.8) is 0 Å². The van der Waals surface area contributed by atoms with Crippen LogP contribution in [0.2, 0.25) is 0 Å². The summed E-state index contributed by atoms with van der Waals surface area (Å²) in [5.74, 6) is -0.0818. The van der Waals surface area contributed by atoms with Crippen molar-refractivity contribution in [2.75, 3.05) is 26.4 Å². The third-order valence-electron chi connectivity index (χ3n) is 19.7. The van der Waals surface area contributed by atoms with E-state index in [2.05, 4.69) is 33.8 Å². The first kappa shape index (κ1) is 59.0. The number of hydrogen-bond donors (Lipinski definition) is 14. The number of aliphatic hydroxyl groups is 14. The van der Waals surface area contributed by atoms with Gasteiger partial charge in [-0.05, 0) is 124 Å². The number of allylic oxidation sites excluding steroid dienone is 2. The van der Waals surface area contributed by atoms with Gasteiger partial charge in [0.05, 0.1) is 44.2 Å². The summed E-state index contributed by atoms with van der Waals surface area (Å²) in [5.41, 5.74) is -0.845. The largest absolute Gasteiger partial charge is 0.394 e. The standard InChI is InChI=1S/C52H88O22/c1-22(2)9-8-14-52(7,74-48-42(65)38(61)36(59)29(71-48)21-67-45-40(63)35(58)27(19-54)68-45)24-11-10-23-33(24)25(56)17-31-50(23,5)15-12-30-49(3,4)32(13-16-51(30,31)6)72-46-43(66)39(62)44(28(20-55)70-46)73-47-41(64)37(60)34(57)26(18-53)69-47/h9,23-48,53-66H,8,10-21H2,1-7H3. The Morgan fingerprint density at radius 3 is 1.73 bits per heavy atom. The van der Waals surface area contributed by atoms with Crippen LogP contribution in [0.4, 0.5) is 0 Å². The molecule has 0 radical (unpaired) electrons. The van der Waals surface area contributed by atoms with Gasteiger partial charge in [0.1, 0.15) is 91.6 Å². The van der Waals surface area contributed by atoms with E-state index in [1.807, 2.05) is 20.8 Å². The molecule has 0 aromatic carbocycles. The van der Waals surface area contributed by atoms with Crippen molar-refractivity contribution in [1.82, 2.24) is 0 Å². The molecule has 428 valence electrons. The van der Waals surface area contributed by atoms with Gasteiger partial charge in [0.2, 0.25) is 0 Å². The summed E-state index contributed by atoms with van der Waals surface area (Å²) in [6.45, 7) is 12.6. The van der Waals surface area contributed by atoms with Crippen LogP contribution in [0.3, 0.4) is 0 Å². The lowest BCUT2D eigenvalue weighted by atomic mass is 9.38. The molecule has 29 unspecified atom stereocenters. The van der Waals surface area contributed by atoms with Gasteiger partial charge in [0.15, 0.2) is 25.2 Å². The molecule has 0 aromatic rings. The number of fused-ring (bicyclic) bond motifs is 5. The van der Waals surface area contributed by atoms with Crippen LogP contribution < -0.4 is 0 Å². The van der Waals surface area contributed by atoms with E-state index in [-0.39, 0.29) is 40.4 Å². The molecule has 8 fully saturated rings. The lowest BCUT2D eigenvalue weighted by Gasteiger charge is -2.68. The molecular formula is C52H88O22. The highest BCUT2D eigenvalue weighted by atomic mass is 16.8. The molecule has 0 aromatic heterocycles. The Bertz CT molecular complexity index is 1890. The van der Waals surface area contributed by atoms with Crippen LogP contribution in [0.15, 0.2) is 11.6 Å². The molecule has 0 amide bonds. The average Bonchev–Trinajstić information content (AvgIpc) is 3.94. The number of hydrogen-bond acceptors (Lipinski definition) is 22. The zero-order chi connectivity index (χ0) is 54.1.